The number of nitrogens with two attached hydrogens (primary N) is 1. The van der Waals surface area contributed by atoms with Crippen LogP contribution < -0.4 is 5.73 Å². The molecule has 2 atom stereocenters. The van der Waals surface area contributed by atoms with Gasteiger partial charge in [-0.1, -0.05) is 30.3 Å². The van der Waals surface area contributed by atoms with E-state index in [9.17, 15) is 0 Å². The van der Waals surface area contributed by atoms with Crippen molar-refractivity contribution in [1.82, 2.24) is 0 Å². The van der Waals surface area contributed by atoms with Crippen LogP contribution >= 0.6 is 0 Å². The molecule has 1 aliphatic carbocycles. The molecular weight excluding hydrogens is 186 g/mol. The zero-order valence-corrected chi connectivity index (χ0v) is 9.23. The lowest BCUT2D eigenvalue weighted by Crippen LogP contribution is -2.39. The number of hydrogen-bond acceptors (Lipinski definition) is 2. The first-order valence-electron chi connectivity index (χ1n) is 5.63. The van der Waals surface area contributed by atoms with E-state index in [0.29, 0.717) is 5.92 Å². The highest BCUT2D eigenvalue weighted by Crippen LogP contribution is 2.35. The number of benzene rings is 1. The van der Waals surface area contributed by atoms with E-state index in [0.717, 1.165) is 6.42 Å². The van der Waals surface area contributed by atoms with Crippen molar-refractivity contribution in [3.05, 3.63) is 35.9 Å². The molecule has 0 saturated heterocycles. The second kappa shape index (κ2) is 4.77. The van der Waals surface area contributed by atoms with Crippen molar-refractivity contribution >= 4 is 0 Å². The van der Waals surface area contributed by atoms with E-state index in [1.807, 2.05) is 6.07 Å². The highest BCUT2D eigenvalue weighted by Gasteiger charge is 2.35. The van der Waals surface area contributed by atoms with Crippen LogP contribution in [0.2, 0.25) is 0 Å². The highest BCUT2D eigenvalue weighted by molar-refractivity contribution is 5.16. The Kier molecular flexibility index (Phi) is 3.39. The molecule has 0 aromatic heterocycles. The van der Waals surface area contributed by atoms with Crippen LogP contribution in [-0.4, -0.2) is 19.3 Å². The topological polar surface area (TPSA) is 35.2 Å². The van der Waals surface area contributed by atoms with Gasteiger partial charge in [-0.15, -0.1) is 0 Å². The third-order valence-electron chi connectivity index (χ3n) is 3.10. The van der Waals surface area contributed by atoms with Crippen LogP contribution in [0, 0.1) is 5.92 Å². The maximum absolute atomic E-state index is 6.18. The van der Waals surface area contributed by atoms with Crippen LogP contribution in [0.1, 0.15) is 18.4 Å². The third-order valence-corrected chi connectivity index (χ3v) is 3.10. The molecule has 2 heteroatoms. The maximum atomic E-state index is 6.18. The average Bonchev–Trinajstić information content (AvgIpc) is 3.04. The minimum Gasteiger partial charge on any atom is -0.380 e. The largest absolute Gasteiger partial charge is 0.380 e. The summed E-state index contributed by atoms with van der Waals surface area (Å²) >= 11 is 0. The van der Waals surface area contributed by atoms with E-state index in [1.165, 1.54) is 18.4 Å². The summed E-state index contributed by atoms with van der Waals surface area (Å²) in [5.41, 5.74) is 7.48. The van der Waals surface area contributed by atoms with Gasteiger partial charge in [-0.2, -0.15) is 0 Å². The summed E-state index contributed by atoms with van der Waals surface area (Å²) in [4.78, 5) is 0. The van der Waals surface area contributed by atoms with E-state index >= 15 is 0 Å². The normalized spacial score (nSPS) is 19.9. The molecule has 0 aliphatic heterocycles. The quantitative estimate of drug-likeness (QED) is 0.797. The zero-order chi connectivity index (χ0) is 10.7. The molecule has 1 fully saturated rings. The van der Waals surface area contributed by atoms with Crippen LogP contribution in [0.25, 0.3) is 0 Å². The van der Waals surface area contributed by atoms with Gasteiger partial charge in [-0.3, -0.25) is 0 Å². The predicted octanol–water partition coefficient (Wildman–Crippen LogP) is 1.98. The maximum Gasteiger partial charge on any atom is 0.0753 e. The molecule has 15 heavy (non-hydrogen) atoms. The minimum atomic E-state index is 0.130. The van der Waals surface area contributed by atoms with Gasteiger partial charge in [0.1, 0.15) is 0 Å². The molecule has 2 rings (SSSR count). The van der Waals surface area contributed by atoms with Crippen molar-refractivity contribution in [3.63, 3.8) is 0 Å². The lowest BCUT2D eigenvalue weighted by Gasteiger charge is -2.22. The highest BCUT2D eigenvalue weighted by atomic mass is 16.5. The van der Waals surface area contributed by atoms with Gasteiger partial charge in [0.15, 0.2) is 0 Å². The molecule has 1 aromatic carbocycles. The summed E-state index contributed by atoms with van der Waals surface area (Å²) in [6, 6.07) is 10.5. The van der Waals surface area contributed by atoms with Crippen LogP contribution in [0.15, 0.2) is 30.3 Å². The lowest BCUT2D eigenvalue weighted by atomic mass is 9.99. The summed E-state index contributed by atoms with van der Waals surface area (Å²) in [6.07, 6.45) is 3.71. The Balaban J connectivity index is 1.93. The molecule has 1 saturated carbocycles. The Bertz CT molecular complexity index is 295. The van der Waals surface area contributed by atoms with Crippen molar-refractivity contribution in [1.29, 1.82) is 0 Å². The van der Waals surface area contributed by atoms with Gasteiger partial charge in [0, 0.05) is 13.2 Å². The first kappa shape index (κ1) is 10.7. The standard InChI is InChI=1S/C13H19NO/c1-15-13(11-7-8-11)12(14)9-10-5-3-2-4-6-10/h2-6,11-13H,7-9,14H2,1H3. The van der Waals surface area contributed by atoms with Crippen molar-refractivity contribution in [3.8, 4) is 0 Å². The van der Waals surface area contributed by atoms with Gasteiger partial charge in [0.05, 0.1) is 6.10 Å². The van der Waals surface area contributed by atoms with Crippen molar-refractivity contribution in [2.45, 2.75) is 31.4 Å². The summed E-state index contributed by atoms with van der Waals surface area (Å²) in [5.74, 6) is 0.703. The monoisotopic (exact) mass is 205 g/mol. The van der Waals surface area contributed by atoms with Crippen LogP contribution in [0.3, 0.4) is 0 Å². The fourth-order valence-corrected chi connectivity index (χ4v) is 2.14. The third kappa shape index (κ3) is 2.80. The average molecular weight is 205 g/mol. The molecule has 2 nitrogen and oxygen atoms in total. The Morgan fingerprint density at radius 1 is 1.33 bits per heavy atom. The summed E-state index contributed by atoms with van der Waals surface area (Å²) in [6.45, 7) is 0. The molecule has 0 amide bonds. The van der Waals surface area contributed by atoms with Gasteiger partial charge in [0.2, 0.25) is 0 Å². The van der Waals surface area contributed by atoms with E-state index in [2.05, 4.69) is 24.3 Å². The summed E-state index contributed by atoms with van der Waals surface area (Å²) < 4.78 is 5.48. The molecule has 2 unspecified atom stereocenters. The molecular formula is C13H19NO. The minimum absolute atomic E-state index is 0.130. The van der Waals surface area contributed by atoms with E-state index in [1.54, 1.807) is 7.11 Å². The van der Waals surface area contributed by atoms with E-state index < -0.39 is 0 Å². The second-order valence-corrected chi connectivity index (χ2v) is 4.39. The molecule has 2 N–H and O–H groups in total. The van der Waals surface area contributed by atoms with Gasteiger partial charge >= 0.3 is 0 Å². The second-order valence-electron chi connectivity index (χ2n) is 4.39. The number of rotatable bonds is 5. The Morgan fingerprint density at radius 2 is 2.00 bits per heavy atom. The smallest absolute Gasteiger partial charge is 0.0753 e. The number of methoxy groups -OCH3 is 1. The Labute approximate surface area is 91.4 Å². The van der Waals surface area contributed by atoms with Crippen LogP contribution in [0.5, 0.6) is 0 Å². The van der Waals surface area contributed by atoms with E-state index in [4.69, 9.17) is 10.5 Å². The summed E-state index contributed by atoms with van der Waals surface area (Å²) in [7, 11) is 1.77. The zero-order valence-electron chi connectivity index (χ0n) is 9.23. The Hall–Kier alpha value is -0.860. The molecule has 82 valence electrons. The van der Waals surface area contributed by atoms with Crippen molar-refractivity contribution in [2.24, 2.45) is 11.7 Å². The molecule has 0 bridgehead atoms. The first-order valence-corrected chi connectivity index (χ1v) is 5.63. The van der Waals surface area contributed by atoms with Crippen LogP contribution in [-0.2, 0) is 11.2 Å². The number of ether oxygens (including phenoxy) is 1. The fraction of sp³-hybridized carbons (Fsp3) is 0.538. The van der Waals surface area contributed by atoms with Gasteiger partial charge in [0.25, 0.3) is 0 Å². The first-order chi connectivity index (χ1) is 7.31. The molecule has 0 radical (unpaired) electrons. The fourth-order valence-electron chi connectivity index (χ4n) is 2.14. The summed E-state index contributed by atoms with van der Waals surface area (Å²) in [5, 5.41) is 0. The van der Waals surface area contributed by atoms with Gasteiger partial charge in [-0.05, 0) is 30.7 Å². The SMILES string of the molecule is COC(C(N)Cc1ccccc1)C1CC1. The molecule has 0 heterocycles. The van der Waals surface area contributed by atoms with Gasteiger partial charge in [-0.25, -0.2) is 0 Å². The van der Waals surface area contributed by atoms with Crippen molar-refractivity contribution in [2.75, 3.05) is 7.11 Å². The Morgan fingerprint density at radius 3 is 2.53 bits per heavy atom. The molecule has 0 spiro atoms. The number of hydrogen-bond donors (Lipinski definition) is 1. The van der Waals surface area contributed by atoms with Crippen LogP contribution in [0.4, 0.5) is 0 Å². The predicted molar refractivity (Wildman–Crippen MR) is 61.6 cm³/mol. The van der Waals surface area contributed by atoms with Gasteiger partial charge < -0.3 is 10.5 Å². The molecule has 1 aliphatic rings. The van der Waals surface area contributed by atoms with E-state index in [-0.39, 0.29) is 12.1 Å². The molecule has 1 aromatic rings. The lowest BCUT2D eigenvalue weighted by molar-refractivity contribution is 0.0627. The van der Waals surface area contributed by atoms with Crippen molar-refractivity contribution < 1.29 is 4.74 Å².